The lowest BCUT2D eigenvalue weighted by molar-refractivity contribution is 0.187. The van der Waals surface area contributed by atoms with Gasteiger partial charge in [-0.15, -0.1) is 0 Å². The van der Waals surface area contributed by atoms with E-state index in [9.17, 15) is 5.11 Å². The van der Waals surface area contributed by atoms with Crippen molar-refractivity contribution in [2.45, 2.75) is 18.6 Å². The Bertz CT molecular complexity index is 662. The first-order chi connectivity index (χ1) is 9.19. The number of nitrogens with two attached hydrogens (primary N) is 1. The van der Waals surface area contributed by atoms with Crippen molar-refractivity contribution < 1.29 is 5.11 Å². The number of β-amino-alcohol motifs (C(OH)–C–C–N with tert-alkyl or cyclic N) is 1. The fourth-order valence-corrected chi connectivity index (χ4v) is 2.70. The highest BCUT2D eigenvalue weighted by atomic mass is 16.3. The Morgan fingerprint density at radius 1 is 1.42 bits per heavy atom. The molecule has 4 heteroatoms. The monoisotopic (exact) mass is 253 g/mol. The normalized spacial score (nSPS) is 22.6. The Morgan fingerprint density at radius 3 is 3.05 bits per heavy atom. The summed E-state index contributed by atoms with van der Waals surface area (Å²) in [5, 5.41) is 11.7. The molecule has 0 radical (unpaired) electrons. The highest BCUT2D eigenvalue weighted by molar-refractivity contribution is 5.91. The van der Waals surface area contributed by atoms with Crippen molar-refractivity contribution >= 4 is 16.6 Å². The maximum absolute atomic E-state index is 9.75. The van der Waals surface area contributed by atoms with Crippen LogP contribution in [0.1, 0.15) is 18.0 Å². The number of nitrogens with zero attached hydrogens (tertiary/aromatic N) is 2. The van der Waals surface area contributed by atoms with Crippen LogP contribution in [0.15, 0.2) is 30.5 Å². The standard InChI is InChI=1S/C15H15N3O/c1-2-18-9-12(19)8-14(18)11-3-4-13-10(7-11)5-6-17-15(13)16/h1,3-7,12,14,19H,8-9H2,(H2,16,17). The van der Waals surface area contributed by atoms with Crippen molar-refractivity contribution in [3.8, 4) is 12.5 Å². The highest BCUT2D eigenvalue weighted by Gasteiger charge is 2.30. The lowest BCUT2D eigenvalue weighted by atomic mass is 10.0. The summed E-state index contributed by atoms with van der Waals surface area (Å²) < 4.78 is 0. The third-order valence-electron chi connectivity index (χ3n) is 3.65. The zero-order valence-corrected chi connectivity index (χ0v) is 10.5. The Balaban J connectivity index is 2.04. The van der Waals surface area contributed by atoms with Crippen LogP contribution in [0, 0.1) is 12.5 Å². The maximum atomic E-state index is 9.75. The molecule has 0 bridgehead atoms. The zero-order valence-electron chi connectivity index (χ0n) is 10.5. The minimum Gasteiger partial charge on any atom is -0.391 e. The SMILES string of the molecule is C#CN1CC(O)CC1c1ccc2c(N)nccc2c1. The summed E-state index contributed by atoms with van der Waals surface area (Å²) in [6, 6.07) is 10.7. The predicted molar refractivity (Wildman–Crippen MR) is 75.1 cm³/mol. The van der Waals surface area contributed by atoms with Gasteiger partial charge in [-0.05, 0) is 23.1 Å². The van der Waals surface area contributed by atoms with Crippen LogP contribution in [0.4, 0.5) is 5.82 Å². The first-order valence-electron chi connectivity index (χ1n) is 6.24. The summed E-state index contributed by atoms with van der Waals surface area (Å²) in [7, 11) is 0. The topological polar surface area (TPSA) is 62.4 Å². The van der Waals surface area contributed by atoms with Gasteiger partial charge in [-0.2, -0.15) is 0 Å². The molecule has 2 aromatic rings. The van der Waals surface area contributed by atoms with E-state index in [-0.39, 0.29) is 12.1 Å². The number of rotatable bonds is 1. The highest BCUT2D eigenvalue weighted by Crippen LogP contribution is 2.33. The van der Waals surface area contributed by atoms with Crippen molar-refractivity contribution in [2.24, 2.45) is 0 Å². The average Bonchev–Trinajstić information content (AvgIpc) is 2.80. The van der Waals surface area contributed by atoms with Gasteiger partial charge in [-0.3, -0.25) is 0 Å². The second-order valence-corrected chi connectivity index (χ2v) is 4.86. The van der Waals surface area contributed by atoms with Gasteiger partial charge in [-0.1, -0.05) is 18.6 Å². The number of nitrogen functional groups attached to an aromatic ring is 1. The second-order valence-electron chi connectivity index (χ2n) is 4.86. The van der Waals surface area contributed by atoms with Crippen LogP contribution in [-0.4, -0.2) is 27.6 Å². The number of pyridine rings is 1. The number of aromatic nitrogens is 1. The molecule has 2 atom stereocenters. The Morgan fingerprint density at radius 2 is 2.26 bits per heavy atom. The van der Waals surface area contributed by atoms with E-state index in [1.807, 2.05) is 23.1 Å². The van der Waals surface area contributed by atoms with Gasteiger partial charge in [-0.25, -0.2) is 4.98 Å². The van der Waals surface area contributed by atoms with Crippen molar-refractivity contribution in [3.05, 3.63) is 36.0 Å². The van der Waals surface area contributed by atoms with E-state index in [4.69, 9.17) is 12.2 Å². The van der Waals surface area contributed by atoms with Gasteiger partial charge in [0, 0.05) is 24.0 Å². The van der Waals surface area contributed by atoms with Crippen LogP contribution in [0.2, 0.25) is 0 Å². The summed E-state index contributed by atoms with van der Waals surface area (Å²) in [4.78, 5) is 5.92. The molecular formula is C15H15N3O. The molecular weight excluding hydrogens is 238 g/mol. The van der Waals surface area contributed by atoms with E-state index >= 15 is 0 Å². The summed E-state index contributed by atoms with van der Waals surface area (Å²) in [6.45, 7) is 0.525. The Hall–Kier alpha value is -2.25. The fourth-order valence-electron chi connectivity index (χ4n) is 2.70. The zero-order chi connectivity index (χ0) is 13.4. The van der Waals surface area contributed by atoms with Gasteiger partial charge in [0.15, 0.2) is 0 Å². The summed E-state index contributed by atoms with van der Waals surface area (Å²) in [5.41, 5.74) is 6.95. The molecule has 1 aliphatic heterocycles. The summed E-state index contributed by atoms with van der Waals surface area (Å²) in [5.74, 6) is 0.532. The van der Waals surface area contributed by atoms with Crippen molar-refractivity contribution in [1.29, 1.82) is 0 Å². The van der Waals surface area contributed by atoms with Gasteiger partial charge in [0.05, 0.1) is 18.7 Å². The van der Waals surface area contributed by atoms with Crippen molar-refractivity contribution in [3.63, 3.8) is 0 Å². The Kier molecular flexibility index (Phi) is 2.77. The number of anilines is 1. The van der Waals surface area contributed by atoms with Crippen LogP contribution in [0.25, 0.3) is 10.8 Å². The number of fused-ring (bicyclic) bond motifs is 1. The molecule has 1 fully saturated rings. The number of terminal acetylenes is 1. The molecule has 96 valence electrons. The Labute approximate surface area is 111 Å². The number of benzene rings is 1. The van der Waals surface area contributed by atoms with E-state index < -0.39 is 0 Å². The molecule has 4 nitrogen and oxygen atoms in total. The molecule has 0 spiro atoms. The third kappa shape index (κ3) is 1.98. The molecule has 0 saturated carbocycles. The van der Waals surface area contributed by atoms with Gasteiger partial charge in [0.2, 0.25) is 0 Å². The van der Waals surface area contributed by atoms with E-state index in [0.29, 0.717) is 18.8 Å². The summed E-state index contributed by atoms with van der Waals surface area (Å²) in [6.07, 6.45) is 7.49. The molecule has 2 heterocycles. The smallest absolute Gasteiger partial charge is 0.131 e. The largest absolute Gasteiger partial charge is 0.391 e. The molecule has 1 aliphatic rings. The lowest BCUT2D eigenvalue weighted by Crippen LogP contribution is -2.18. The molecule has 3 rings (SSSR count). The second kappa shape index (κ2) is 4.45. The molecule has 0 amide bonds. The van der Waals surface area contributed by atoms with E-state index in [1.54, 1.807) is 6.20 Å². The number of aliphatic hydroxyl groups is 1. The van der Waals surface area contributed by atoms with Crippen molar-refractivity contribution in [2.75, 3.05) is 12.3 Å². The first kappa shape index (κ1) is 11.8. The number of likely N-dealkylation sites (tertiary alicyclic amines) is 1. The first-order valence-corrected chi connectivity index (χ1v) is 6.24. The predicted octanol–water partition coefficient (Wildman–Crippen LogP) is 1.52. The fraction of sp³-hybridized carbons (Fsp3) is 0.267. The van der Waals surface area contributed by atoms with Crippen LogP contribution in [0.5, 0.6) is 0 Å². The molecule has 3 N–H and O–H groups in total. The van der Waals surface area contributed by atoms with Gasteiger partial charge in [0.1, 0.15) is 5.82 Å². The van der Waals surface area contributed by atoms with Gasteiger partial charge < -0.3 is 15.7 Å². The van der Waals surface area contributed by atoms with Crippen molar-refractivity contribution in [1.82, 2.24) is 9.88 Å². The minimum absolute atomic E-state index is 0.0683. The van der Waals surface area contributed by atoms with E-state index in [0.717, 1.165) is 16.3 Å². The molecule has 0 aliphatic carbocycles. The van der Waals surface area contributed by atoms with Crippen LogP contribution in [0.3, 0.4) is 0 Å². The number of hydrogen-bond acceptors (Lipinski definition) is 4. The summed E-state index contributed by atoms with van der Waals surface area (Å²) >= 11 is 0. The van der Waals surface area contributed by atoms with Gasteiger partial charge >= 0.3 is 0 Å². The molecule has 1 saturated heterocycles. The molecule has 1 aromatic heterocycles. The van der Waals surface area contributed by atoms with Gasteiger partial charge in [0.25, 0.3) is 0 Å². The lowest BCUT2D eigenvalue weighted by Gasteiger charge is -2.20. The molecule has 19 heavy (non-hydrogen) atoms. The quantitative estimate of drug-likeness (QED) is 0.756. The number of aliphatic hydroxyl groups excluding tert-OH is 1. The molecule has 2 unspecified atom stereocenters. The maximum Gasteiger partial charge on any atom is 0.131 e. The molecule has 1 aromatic carbocycles. The minimum atomic E-state index is -0.362. The average molecular weight is 253 g/mol. The van der Waals surface area contributed by atoms with Crippen LogP contribution in [-0.2, 0) is 0 Å². The van der Waals surface area contributed by atoms with Crippen LogP contribution >= 0.6 is 0 Å². The van der Waals surface area contributed by atoms with E-state index in [2.05, 4.69) is 17.1 Å². The van der Waals surface area contributed by atoms with Crippen LogP contribution < -0.4 is 5.73 Å². The van der Waals surface area contributed by atoms with E-state index in [1.165, 1.54) is 0 Å². The third-order valence-corrected chi connectivity index (χ3v) is 3.65. The number of hydrogen-bond donors (Lipinski definition) is 2.